The Hall–Kier alpha value is -2.72. The summed E-state index contributed by atoms with van der Waals surface area (Å²) >= 11 is 5.97. The van der Waals surface area contributed by atoms with Gasteiger partial charge in [-0.05, 0) is 54.8 Å². The highest BCUT2D eigenvalue weighted by molar-refractivity contribution is 6.30. The van der Waals surface area contributed by atoms with Gasteiger partial charge in [-0.1, -0.05) is 29.8 Å². The van der Waals surface area contributed by atoms with E-state index in [1.807, 2.05) is 29.2 Å². The number of likely N-dealkylation sites (tertiary alicyclic amines) is 1. The van der Waals surface area contributed by atoms with E-state index in [1.165, 1.54) is 5.56 Å². The standard InChI is InChI=1S/C23H22ClN3O/c24-20-6-4-17(5-7-20)16-21-2-1-3-22(26-21)18-10-14-27(15-11-18)23(28)19-8-12-25-13-9-19/h1-9,12-13,18H,10-11,14-16H2. The topological polar surface area (TPSA) is 46.1 Å². The summed E-state index contributed by atoms with van der Waals surface area (Å²) in [5.74, 6) is 0.483. The van der Waals surface area contributed by atoms with Crippen LogP contribution in [0.2, 0.25) is 5.02 Å². The Balaban J connectivity index is 1.39. The van der Waals surface area contributed by atoms with Gasteiger partial charge in [0, 0.05) is 59.8 Å². The average molecular weight is 392 g/mol. The van der Waals surface area contributed by atoms with Crippen LogP contribution in [0.1, 0.15) is 46.1 Å². The molecule has 1 saturated heterocycles. The molecule has 1 aromatic carbocycles. The number of pyridine rings is 2. The van der Waals surface area contributed by atoms with Crippen LogP contribution < -0.4 is 0 Å². The van der Waals surface area contributed by atoms with Gasteiger partial charge in [0.05, 0.1) is 0 Å². The minimum atomic E-state index is 0.0882. The number of carbonyl (C=O) groups excluding carboxylic acids is 1. The molecule has 0 atom stereocenters. The summed E-state index contributed by atoms with van der Waals surface area (Å²) in [6.07, 6.45) is 6.00. The minimum Gasteiger partial charge on any atom is -0.339 e. The lowest BCUT2D eigenvalue weighted by atomic mass is 9.92. The smallest absolute Gasteiger partial charge is 0.253 e. The van der Waals surface area contributed by atoms with Gasteiger partial charge in [-0.3, -0.25) is 14.8 Å². The van der Waals surface area contributed by atoms with Gasteiger partial charge in [-0.15, -0.1) is 0 Å². The van der Waals surface area contributed by atoms with Gasteiger partial charge in [0.1, 0.15) is 0 Å². The number of halogens is 1. The first kappa shape index (κ1) is 18.6. The highest BCUT2D eigenvalue weighted by Crippen LogP contribution is 2.28. The Morgan fingerprint density at radius 1 is 1.00 bits per heavy atom. The van der Waals surface area contributed by atoms with E-state index < -0.39 is 0 Å². The molecule has 0 aliphatic carbocycles. The zero-order valence-corrected chi connectivity index (χ0v) is 16.3. The van der Waals surface area contributed by atoms with Crippen molar-refractivity contribution in [1.29, 1.82) is 0 Å². The first-order valence-corrected chi connectivity index (χ1v) is 9.96. The van der Waals surface area contributed by atoms with Crippen molar-refractivity contribution in [2.24, 2.45) is 0 Å². The van der Waals surface area contributed by atoms with E-state index in [-0.39, 0.29) is 5.91 Å². The molecule has 0 radical (unpaired) electrons. The first-order valence-electron chi connectivity index (χ1n) is 9.58. The van der Waals surface area contributed by atoms with Gasteiger partial charge < -0.3 is 4.90 Å². The molecule has 0 saturated carbocycles. The molecule has 142 valence electrons. The summed E-state index contributed by atoms with van der Waals surface area (Å²) in [6.45, 7) is 1.52. The van der Waals surface area contributed by atoms with Crippen LogP contribution in [0, 0.1) is 0 Å². The number of amides is 1. The second-order valence-corrected chi connectivity index (χ2v) is 7.60. The first-order chi connectivity index (χ1) is 13.7. The van der Waals surface area contributed by atoms with E-state index in [9.17, 15) is 4.79 Å². The van der Waals surface area contributed by atoms with Gasteiger partial charge in [-0.2, -0.15) is 0 Å². The van der Waals surface area contributed by atoms with Gasteiger partial charge in [0.25, 0.3) is 5.91 Å². The Labute approximate surface area is 170 Å². The summed E-state index contributed by atoms with van der Waals surface area (Å²) in [5.41, 5.74) is 4.10. The Kier molecular flexibility index (Phi) is 5.68. The summed E-state index contributed by atoms with van der Waals surface area (Å²) in [6, 6.07) is 17.7. The van der Waals surface area contributed by atoms with Crippen molar-refractivity contribution < 1.29 is 4.79 Å². The molecule has 0 unspecified atom stereocenters. The Morgan fingerprint density at radius 3 is 2.43 bits per heavy atom. The van der Waals surface area contributed by atoms with Crippen LogP contribution in [0.4, 0.5) is 0 Å². The van der Waals surface area contributed by atoms with Crippen LogP contribution in [0.15, 0.2) is 67.0 Å². The fraction of sp³-hybridized carbons (Fsp3) is 0.261. The largest absolute Gasteiger partial charge is 0.339 e. The third-order valence-electron chi connectivity index (χ3n) is 5.25. The molecule has 28 heavy (non-hydrogen) atoms. The maximum atomic E-state index is 12.6. The van der Waals surface area contributed by atoms with Gasteiger partial charge >= 0.3 is 0 Å². The molecule has 2 aromatic heterocycles. The highest BCUT2D eigenvalue weighted by atomic mass is 35.5. The molecule has 1 aliphatic heterocycles. The highest BCUT2D eigenvalue weighted by Gasteiger charge is 2.25. The molecule has 0 N–H and O–H groups in total. The number of hydrogen-bond donors (Lipinski definition) is 0. The lowest BCUT2D eigenvalue weighted by molar-refractivity contribution is 0.0712. The quantitative estimate of drug-likeness (QED) is 0.645. The molecular weight excluding hydrogens is 370 g/mol. The Bertz CT molecular complexity index is 936. The van der Waals surface area contributed by atoms with Crippen molar-refractivity contribution in [3.8, 4) is 0 Å². The summed E-state index contributed by atoms with van der Waals surface area (Å²) in [4.78, 5) is 23.4. The molecule has 3 aromatic rings. The van der Waals surface area contributed by atoms with Crippen molar-refractivity contribution in [3.05, 3.63) is 94.5 Å². The Morgan fingerprint density at radius 2 is 1.71 bits per heavy atom. The number of benzene rings is 1. The predicted octanol–water partition coefficient (Wildman–Crippen LogP) is 4.74. The van der Waals surface area contributed by atoms with Gasteiger partial charge in [0.2, 0.25) is 0 Å². The molecule has 1 aliphatic rings. The molecule has 0 bridgehead atoms. The van der Waals surface area contributed by atoms with E-state index >= 15 is 0 Å². The van der Waals surface area contributed by atoms with Crippen LogP contribution in [0.5, 0.6) is 0 Å². The predicted molar refractivity (Wildman–Crippen MR) is 111 cm³/mol. The third-order valence-corrected chi connectivity index (χ3v) is 5.51. The lowest BCUT2D eigenvalue weighted by Crippen LogP contribution is -2.38. The second kappa shape index (κ2) is 8.53. The zero-order chi connectivity index (χ0) is 19.3. The van der Waals surface area contributed by atoms with E-state index in [4.69, 9.17) is 16.6 Å². The zero-order valence-electron chi connectivity index (χ0n) is 15.6. The van der Waals surface area contributed by atoms with Crippen LogP contribution in [-0.2, 0) is 6.42 Å². The van der Waals surface area contributed by atoms with E-state index in [1.54, 1.807) is 24.5 Å². The van der Waals surface area contributed by atoms with Crippen molar-refractivity contribution in [3.63, 3.8) is 0 Å². The van der Waals surface area contributed by atoms with E-state index in [2.05, 4.69) is 23.2 Å². The molecule has 5 heteroatoms. The monoisotopic (exact) mass is 391 g/mol. The molecule has 1 amide bonds. The molecule has 0 spiro atoms. The molecular formula is C23H22ClN3O. The van der Waals surface area contributed by atoms with Crippen molar-refractivity contribution in [2.45, 2.75) is 25.2 Å². The number of piperidine rings is 1. The number of rotatable bonds is 4. The molecule has 4 rings (SSSR count). The molecule has 3 heterocycles. The fourth-order valence-corrected chi connectivity index (χ4v) is 3.82. The van der Waals surface area contributed by atoms with E-state index in [0.717, 1.165) is 48.8 Å². The van der Waals surface area contributed by atoms with E-state index in [0.29, 0.717) is 11.5 Å². The van der Waals surface area contributed by atoms with Crippen LogP contribution in [0.25, 0.3) is 0 Å². The SMILES string of the molecule is O=C(c1ccncc1)N1CCC(c2cccc(Cc3ccc(Cl)cc3)n2)CC1. The van der Waals surface area contributed by atoms with Crippen LogP contribution in [0.3, 0.4) is 0 Å². The summed E-state index contributed by atoms with van der Waals surface area (Å²) in [5, 5.41) is 0.749. The van der Waals surface area contributed by atoms with Gasteiger partial charge in [0.15, 0.2) is 0 Å². The number of carbonyl (C=O) groups is 1. The maximum absolute atomic E-state index is 12.6. The van der Waals surface area contributed by atoms with Crippen LogP contribution in [-0.4, -0.2) is 33.9 Å². The number of nitrogens with zero attached hydrogens (tertiary/aromatic N) is 3. The van der Waals surface area contributed by atoms with Gasteiger partial charge in [-0.25, -0.2) is 0 Å². The van der Waals surface area contributed by atoms with Crippen molar-refractivity contribution in [2.75, 3.05) is 13.1 Å². The lowest BCUT2D eigenvalue weighted by Gasteiger charge is -2.32. The number of hydrogen-bond acceptors (Lipinski definition) is 3. The third kappa shape index (κ3) is 4.39. The second-order valence-electron chi connectivity index (χ2n) is 7.16. The van der Waals surface area contributed by atoms with Crippen LogP contribution >= 0.6 is 11.6 Å². The normalized spacial score (nSPS) is 14.8. The minimum absolute atomic E-state index is 0.0882. The summed E-state index contributed by atoms with van der Waals surface area (Å²) < 4.78 is 0. The molecule has 4 nitrogen and oxygen atoms in total. The van der Waals surface area contributed by atoms with Crippen molar-refractivity contribution in [1.82, 2.24) is 14.9 Å². The average Bonchev–Trinajstić information content (AvgIpc) is 2.76. The number of aromatic nitrogens is 2. The summed E-state index contributed by atoms with van der Waals surface area (Å²) in [7, 11) is 0. The van der Waals surface area contributed by atoms with Crippen molar-refractivity contribution >= 4 is 17.5 Å². The molecule has 1 fully saturated rings. The fourth-order valence-electron chi connectivity index (χ4n) is 3.69. The maximum Gasteiger partial charge on any atom is 0.253 e.